The lowest BCUT2D eigenvalue weighted by molar-refractivity contribution is -0.0903. The number of halogens is 1. The predicted octanol–water partition coefficient (Wildman–Crippen LogP) is 0.358. The average Bonchev–Trinajstić information content (AvgIpc) is 3.20. The van der Waals surface area contributed by atoms with E-state index in [9.17, 15) is 28.6 Å². The lowest BCUT2D eigenvalue weighted by atomic mass is 9.90. The first-order chi connectivity index (χ1) is 15.1. The number of nitrogen functional groups attached to an aromatic ring is 1. The average molecular weight is 536 g/mol. The Hall–Kier alpha value is -1.32. The fourth-order valence-electron chi connectivity index (χ4n) is 3.41. The van der Waals surface area contributed by atoms with Gasteiger partial charge in [0, 0.05) is 0 Å². The van der Waals surface area contributed by atoms with E-state index in [1.807, 2.05) is 0 Å². The summed E-state index contributed by atoms with van der Waals surface area (Å²) in [6.07, 6.45) is -4.45. The van der Waals surface area contributed by atoms with Crippen molar-refractivity contribution in [1.82, 2.24) is 14.6 Å². The molecule has 0 saturated carbocycles. The van der Waals surface area contributed by atoms with Gasteiger partial charge in [-0.05, 0) is 18.6 Å². The minimum Gasteiger partial charge on any atom is -0.387 e. The number of alkyl halides is 1. The molecule has 1 fully saturated rings. The van der Waals surface area contributed by atoms with Gasteiger partial charge in [-0.3, -0.25) is 4.52 Å². The van der Waals surface area contributed by atoms with Crippen molar-refractivity contribution in [2.75, 3.05) is 12.3 Å². The molecular weight excluding hydrogens is 516 g/mol. The number of fused-ring (bicyclic) bond motifs is 1. The predicted molar refractivity (Wildman–Crippen MR) is 105 cm³/mol. The summed E-state index contributed by atoms with van der Waals surface area (Å²) in [5.41, 5.74) is 4.47. The molecule has 2 aromatic rings. The molecule has 1 aliphatic heterocycles. The molecule has 3 rings (SSSR count). The molecule has 186 valence electrons. The highest BCUT2D eigenvalue weighted by atomic mass is 31.3. The molecule has 0 aliphatic carbocycles. The van der Waals surface area contributed by atoms with Gasteiger partial charge in [0.2, 0.25) is 0 Å². The van der Waals surface area contributed by atoms with Crippen LogP contribution in [-0.4, -0.2) is 64.3 Å². The molecule has 0 spiro atoms. The summed E-state index contributed by atoms with van der Waals surface area (Å²) >= 11 is 0. The molecule has 20 heteroatoms. The molecule has 2 unspecified atom stereocenters. The molecule has 0 radical (unpaired) electrons. The summed E-state index contributed by atoms with van der Waals surface area (Å²) in [5, 5.41) is 14.3. The van der Waals surface area contributed by atoms with Crippen LogP contribution in [0.4, 0.5) is 10.2 Å². The summed E-state index contributed by atoms with van der Waals surface area (Å²) < 4.78 is 67.9. The van der Waals surface area contributed by atoms with Crippen LogP contribution in [0.25, 0.3) is 5.52 Å². The van der Waals surface area contributed by atoms with Crippen molar-refractivity contribution >= 4 is 34.8 Å². The molecule has 0 amide bonds. The molecule has 1 aliphatic rings. The topological polar surface area (TPSA) is 245 Å². The van der Waals surface area contributed by atoms with Crippen LogP contribution >= 0.6 is 23.5 Å². The van der Waals surface area contributed by atoms with Crippen LogP contribution in [0.15, 0.2) is 18.5 Å². The normalized spacial score (nSPS) is 29.7. The number of aromatic nitrogens is 3. The Morgan fingerprint density at radius 1 is 1.21 bits per heavy atom. The van der Waals surface area contributed by atoms with E-state index in [1.165, 1.54) is 16.6 Å². The number of phosphoric ester groups is 1. The maximum absolute atomic E-state index is 15.3. The van der Waals surface area contributed by atoms with E-state index in [1.54, 1.807) is 6.92 Å². The lowest BCUT2D eigenvalue weighted by Gasteiger charge is -2.29. The van der Waals surface area contributed by atoms with Gasteiger partial charge in [0.05, 0.1) is 12.3 Å². The minimum absolute atomic E-state index is 0.0347. The van der Waals surface area contributed by atoms with Crippen LogP contribution in [-0.2, 0) is 37.2 Å². The van der Waals surface area contributed by atoms with E-state index >= 15 is 4.39 Å². The van der Waals surface area contributed by atoms with Gasteiger partial charge in [-0.15, -0.1) is 0 Å². The third-order valence-corrected chi connectivity index (χ3v) is 8.55. The van der Waals surface area contributed by atoms with Crippen molar-refractivity contribution in [3.63, 3.8) is 0 Å². The SMILES string of the molecule is CC[C@@]1(c2ccc3c(N)ncnn23)O[C@H](COP(=O)(O)OP(=O)(O)OP(=O)(O)O)[C@@H](O)[C@H]1F. The van der Waals surface area contributed by atoms with Gasteiger partial charge in [0.15, 0.2) is 12.0 Å². The second-order valence-electron chi connectivity index (χ2n) is 6.84. The molecule has 33 heavy (non-hydrogen) atoms. The highest BCUT2D eigenvalue weighted by molar-refractivity contribution is 7.66. The fraction of sp³-hybridized carbons (Fsp3) is 0.538. The third kappa shape index (κ3) is 5.51. The summed E-state index contributed by atoms with van der Waals surface area (Å²) in [7, 11) is -16.8. The molecule has 16 nitrogen and oxygen atoms in total. The molecular formula is C13H20FN4O12P3. The van der Waals surface area contributed by atoms with E-state index in [-0.39, 0.29) is 17.9 Å². The summed E-state index contributed by atoms with van der Waals surface area (Å²) in [4.78, 5) is 39.7. The zero-order valence-corrected chi connectivity index (χ0v) is 19.3. The Balaban J connectivity index is 1.79. The van der Waals surface area contributed by atoms with Crippen LogP contribution in [0.1, 0.15) is 19.0 Å². The van der Waals surface area contributed by atoms with Gasteiger partial charge < -0.3 is 35.2 Å². The number of nitrogens with two attached hydrogens (primary N) is 1. The first-order valence-corrected chi connectivity index (χ1v) is 13.5. The van der Waals surface area contributed by atoms with Gasteiger partial charge in [0.25, 0.3) is 0 Å². The number of phosphoric acid groups is 3. The summed E-state index contributed by atoms with van der Waals surface area (Å²) in [6, 6.07) is 2.96. The van der Waals surface area contributed by atoms with Crippen molar-refractivity contribution in [1.29, 1.82) is 0 Å². The number of nitrogens with zero attached hydrogens (tertiary/aromatic N) is 3. The van der Waals surface area contributed by atoms with Crippen molar-refractivity contribution in [2.45, 2.75) is 37.3 Å². The monoisotopic (exact) mass is 536 g/mol. The van der Waals surface area contributed by atoms with Crippen LogP contribution in [0.2, 0.25) is 0 Å². The summed E-state index contributed by atoms with van der Waals surface area (Å²) in [5.74, 6) is 0.0978. The number of hydrogen-bond acceptors (Lipinski definition) is 11. The van der Waals surface area contributed by atoms with Crippen LogP contribution < -0.4 is 5.73 Å². The van der Waals surface area contributed by atoms with Crippen molar-refractivity contribution in [3.8, 4) is 0 Å². The van der Waals surface area contributed by atoms with Gasteiger partial charge in [-0.1, -0.05) is 6.92 Å². The molecule has 0 aromatic carbocycles. The minimum atomic E-state index is -5.74. The third-order valence-electron chi connectivity index (χ3n) is 4.75. The first-order valence-electron chi connectivity index (χ1n) is 8.98. The molecule has 3 heterocycles. The number of rotatable bonds is 9. The second kappa shape index (κ2) is 9.04. The Morgan fingerprint density at radius 3 is 2.48 bits per heavy atom. The Labute approximate surface area is 184 Å². The van der Waals surface area contributed by atoms with Crippen LogP contribution in [0.5, 0.6) is 0 Å². The molecule has 7 N–H and O–H groups in total. The Kier molecular flexibility index (Phi) is 7.20. The van der Waals surface area contributed by atoms with Crippen LogP contribution in [0, 0.1) is 0 Å². The highest BCUT2D eigenvalue weighted by Gasteiger charge is 2.57. The fourth-order valence-corrected chi connectivity index (χ4v) is 6.44. The van der Waals surface area contributed by atoms with Crippen molar-refractivity contribution in [3.05, 3.63) is 24.2 Å². The van der Waals surface area contributed by atoms with Gasteiger partial charge in [-0.2, -0.15) is 13.7 Å². The van der Waals surface area contributed by atoms with Crippen LogP contribution in [0.3, 0.4) is 0 Å². The van der Waals surface area contributed by atoms with E-state index in [4.69, 9.17) is 20.3 Å². The number of aliphatic hydroxyl groups is 1. The standard InChI is InChI=1S/C13H20FN4O12P3/c1-2-13(9-4-3-7-12(15)16-6-17-18(7)9)11(14)10(19)8(28-13)5-27-32(23,24)30-33(25,26)29-31(20,21)22/h3-4,6,8,10-11,19H,2,5H2,1H3,(H,23,24)(H,25,26)(H2,15,16,17)(H2,20,21,22)/t8-,10-,11-,13+/m1/s1. The lowest BCUT2D eigenvalue weighted by Crippen LogP contribution is -2.38. The van der Waals surface area contributed by atoms with E-state index in [0.29, 0.717) is 5.52 Å². The maximum atomic E-state index is 15.3. The van der Waals surface area contributed by atoms with E-state index in [2.05, 4.69) is 23.2 Å². The highest BCUT2D eigenvalue weighted by Crippen LogP contribution is 2.66. The van der Waals surface area contributed by atoms with E-state index < -0.39 is 54.1 Å². The second-order valence-corrected chi connectivity index (χ2v) is 11.3. The molecule has 2 aromatic heterocycles. The molecule has 0 bridgehead atoms. The van der Waals surface area contributed by atoms with Gasteiger partial charge in [0.1, 0.15) is 29.7 Å². The quantitative estimate of drug-likeness (QED) is 0.237. The number of hydrogen-bond donors (Lipinski definition) is 6. The maximum Gasteiger partial charge on any atom is 0.490 e. The number of ether oxygens (including phenoxy) is 1. The summed E-state index contributed by atoms with van der Waals surface area (Å²) in [6.45, 7) is 0.529. The van der Waals surface area contributed by atoms with Crippen molar-refractivity contribution in [2.24, 2.45) is 0 Å². The van der Waals surface area contributed by atoms with E-state index in [0.717, 1.165) is 6.33 Å². The number of anilines is 1. The zero-order chi connectivity index (χ0) is 24.8. The van der Waals surface area contributed by atoms with Gasteiger partial charge in [-0.25, -0.2) is 27.6 Å². The molecule has 6 atom stereocenters. The van der Waals surface area contributed by atoms with Crippen molar-refractivity contribution < 1.29 is 60.6 Å². The Morgan fingerprint density at radius 2 is 1.88 bits per heavy atom. The smallest absolute Gasteiger partial charge is 0.387 e. The number of aliphatic hydroxyl groups excluding tert-OH is 1. The van der Waals surface area contributed by atoms with Gasteiger partial charge >= 0.3 is 23.5 Å². The first kappa shape index (κ1) is 26.3. The largest absolute Gasteiger partial charge is 0.490 e. The molecule has 1 saturated heterocycles. The zero-order valence-electron chi connectivity index (χ0n) is 16.6. The Bertz CT molecular complexity index is 1170.